The van der Waals surface area contributed by atoms with Crippen LogP contribution in [-0.4, -0.2) is 49.6 Å². The molecule has 3 aromatic rings. The average molecular weight is 430 g/mol. The normalized spacial score (nSPS) is 16.1. The Kier molecular flexibility index (Phi) is 5.71. The Bertz CT molecular complexity index is 1150. The number of aromatic nitrogens is 2. The number of hydrogen-bond donors (Lipinski definition) is 0. The number of sulfonamides is 1. The Morgan fingerprint density at radius 2 is 1.80 bits per heavy atom. The second-order valence-corrected chi connectivity index (χ2v) is 9.53. The van der Waals surface area contributed by atoms with Crippen molar-refractivity contribution in [3.63, 3.8) is 0 Å². The second-order valence-electron chi connectivity index (χ2n) is 7.62. The molecule has 0 atom stereocenters. The molecule has 1 fully saturated rings. The van der Waals surface area contributed by atoms with Crippen LogP contribution in [0.15, 0.2) is 47.4 Å². The van der Waals surface area contributed by atoms with E-state index < -0.39 is 10.0 Å². The van der Waals surface area contributed by atoms with Crippen LogP contribution in [0, 0.1) is 12.8 Å². The van der Waals surface area contributed by atoms with E-state index in [0.29, 0.717) is 30.5 Å². The number of imidazole rings is 1. The number of nitrogens with zero attached hydrogens (tertiary/aromatic N) is 3. The van der Waals surface area contributed by atoms with Crippen molar-refractivity contribution < 1.29 is 17.9 Å². The first-order valence-electron chi connectivity index (χ1n) is 10.1. The summed E-state index contributed by atoms with van der Waals surface area (Å²) in [7, 11) is -0.660. The summed E-state index contributed by atoms with van der Waals surface area (Å²) in [4.78, 5) is 4.79. The summed E-state index contributed by atoms with van der Waals surface area (Å²) < 4.78 is 40.8. The van der Waals surface area contributed by atoms with Crippen LogP contribution in [0.3, 0.4) is 0 Å². The molecular weight excluding hydrogens is 402 g/mol. The summed E-state index contributed by atoms with van der Waals surface area (Å²) in [6.07, 6.45) is 1.61. The molecule has 0 radical (unpaired) electrons. The fourth-order valence-corrected chi connectivity index (χ4v) is 5.78. The van der Waals surface area contributed by atoms with Gasteiger partial charge in [0, 0.05) is 25.7 Å². The molecule has 7 nitrogen and oxygen atoms in total. The van der Waals surface area contributed by atoms with Crippen molar-refractivity contribution in [3.05, 3.63) is 48.3 Å². The number of fused-ring (bicyclic) bond motifs is 1. The summed E-state index contributed by atoms with van der Waals surface area (Å²) in [5.74, 6) is 2.22. The number of piperidine rings is 1. The van der Waals surface area contributed by atoms with E-state index in [1.807, 2.05) is 25.1 Å². The lowest BCUT2D eigenvalue weighted by Gasteiger charge is -2.32. The number of benzene rings is 2. The van der Waals surface area contributed by atoms with Crippen molar-refractivity contribution in [2.75, 3.05) is 27.3 Å². The molecule has 1 aliphatic heterocycles. The predicted octanol–water partition coefficient (Wildman–Crippen LogP) is 3.46. The lowest BCUT2D eigenvalue weighted by atomic mass is 9.98. The molecule has 0 N–H and O–H groups in total. The van der Waals surface area contributed by atoms with Crippen LogP contribution in [0.25, 0.3) is 11.0 Å². The van der Waals surface area contributed by atoms with E-state index in [9.17, 15) is 8.42 Å². The average Bonchev–Trinajstić information content (AvgIpc) is 3.08. The Hall–Kier alpha value is -2.58. The van der Waals surface area contributed by atoms with Gasteiger partial charge in [-0.05, 0) is 49.9 Å². The van der Waals surface area contributed by atoms with Crippen LogP contribution in [-0.2, 0) is 16.6 Å². The quantitative estimate of drug-likeness (QED) is 0.600. The van der Waals surface area contributed by atoms with E-state index in [-0.39, 0.29) is 4.90 Å². The number of ether oxygens (including phenoxy) is 2. The predicted molar refractivity (Wildman–Crippen MR) is 115 cm³/mol. The van der Waals surface area contributed by atoms with Gasteiger partial charge in [-0.2, -0.15) is 4.31 Å². The van der Waals surface area contributed by atoms with Gasteiger partial charge in [0.25, 0.3) is 0 Å². The van der Waals surface area contributed by atoms with Crippen LogP contribution in [0.1, 0.15) is 18.7 Å². The van der Waals surface area contributed by atoms with Gasteiger partial charge in [-0.1, -0.05) is 12.1 Å². The van der Waals surface area contributed by atoms with Gasteiger partial charge in [0.2, 0.25) is 10.0 Å². The standard InChI is InChI=1S/C22H27N3O4S/c1-16-23-19-6-4-5-7-20(19)25(16)15-17-10-12-24(13-11-17)30(26,27)22-14-18(28-2)8-9-21(22)29-3/h4-9,14,17H,10-13,15H2,1-3H3. The first kappa shape index (κ1) is 20.7. The van der Waals surface area contributed by atoms with Crippen molar-refractivity contribution in [2.45, 2.75) is 31.2 Å². The van der Waals surface area contributed by atoms with Crippen molar-refractivity contribution >= 4 is 21.1 Å². The molecule has 0 spiro atoms. The fourth-order valence-electron chi connectivity index (χ4n) is 4.14. The molecule has 0 unspecified atom stereocenters. The third-order valence-electron chi connectivity index (χ3n) is 5.85. The number of hydrogen-bond acceptors (Lipinski definition) is 5. The number of methoxy groups -OCH3 is 2. The molecule has 0 saturated carbocycles. The molecule has 4 rings (SSSR count). The van der Waals surface area contributed by atoms with Gasteiger partial charge < -0.3 is 14.0 Å². The largest absolute Gasteiger partial charge is 0.497 e. The minimum absolute atomic E-state index is 0.152. The highest BCUT2D eigenvalue weighted by molar-refractivity contribution is 7.89. The summed E-state index contributed by atoms with van der Waals surface area (Å²) in [6, 6.07) is 13.0. The minimum Gasteiger partial charge on any atom is -0.497 e. The molecule has 2 heterocycles. The lowest BCUT2D eigenvalue weighted by molar-refractivity contribution is 0.253. The van der Waals surface area contributed by atoms with Gasteiger partial charge in [-0.25, -0.2) is 13.4 Å². The Morgan fingerprint density at radius 3 is 2.50 bits per heavy atom. The smallest absolute Gasteiger partial charge is 0.246 e. The third-order valence-corrected chi connectivity index (χ3v) is 7.77. The molecule has 160 valence electrons. The molecule has 0 aliphatic carbocycles. The van der Waals surface area contributed by atoms with E-state index in [1.54, 1.807) is 16.4 Å². The molecule has 30 heavy (non-hydrogen) atoms. The highest BCUT2D eigenvalue weighted by Crippen LogP contribution is 2.33. The highest BCUT2D eigenvalue weighted by Gasteiger charge is 2.32. The Labute approximate surface area is 177 Å². The van der Waals surface area contributed by atoms with Gasteiger partial charge in [-0.15, -0.1) is 0 Å². The molecule has 8 heteroatoms. The molecular formula is C22H27N3O4S. The topological polar surface area (TPSA) is 73.7 Å². The van der Waals surface area contributed by atoms with Crippen LogP contribution < -0.4 is 9.47 Å². The van der Waals surface area contributed by atoms with Gasteiger partial charge in [0.05, 0.1) is 25.3 Å². The minimum atomic E-state index is -3.66. The molecule has 1 saturated heterocycles. The van der Waals surface area contributed by atoms with Crippen LogP contribution in [0.4, 0.5) is 0 Å². The zero-order valence-electron chi connectivity index (χ0n) is 17.5. The molecule has 2 aromatic carbocycles. The highest BCUT2D eigenvalue weighted by atomic mass is 32.2. The first-order chi connectivity index (χ1) is 14.4. The van der Waals surface area contributed by atoms with Crippen molar-refractivity contribution in [1.82, 2.24) is 13.9 Å². The monoisotopic (exact) mass is 429 g/mol. The zero-order chi connectivity index (χ0) is 21.3. The summed E-state index contributed by atoms with van der Waals surface area (Å²) >= 11 is 0. The van der Waals surface area contributed by atoms with Crippen molar-refractivity contribution in [3.8, 4) is 11.5 Å². The summed E-state index contributed by atoms with van der Waals surface area (Å²) in [5, 5.41) is 0. The van der Waals surface area contributed by atoms with E-state index >= 15 is 0 Å². The van der Waals surface area contributed by atoms with Gasteiger partial charge in [-0.3, -0.25) is 0 Å². The SMILES string of the molecule is COc1ccc(OC)c(S(=O)(=O)N2CCC(Cn3c(C)nc4ccccc43)CC2)c1. The maximum atomic E-state index is 13.3. The molecule has 1 aliphatic rings. The summed E-state index contributed by atoms with van der Waals surface area (Å²) in [5.41, 5.74) is 2.13. The van der Waals surface area contributed by atoms with E-state index in [4.69, 9.17) is 9.47 Å². The summed E-state index contributed by atoms with van der Waals surface area (Å²) in [6.45, 7) is 3.84. The van der Waals surface area contributed by atoms with E-state index in [1.165, 1.54) is 20.3 Å². The first-order valence-corrected chi connectivity index (χ1v) is 11.5. The second kappa shape index (κ2) is 8.28. The van der Waals surface area contributed by atoms with Crippen molar-refractivity contribution in [2.24, 2.45) is 5.92 Å². The van der Waals surface area contributed by atoms with Crippen LogP contribution in [0.2, 0.25) is 0 Å². The van der Waals surface area contributed by atoms with Crippen LogP contribution in [0.5, 0.6) is 11.5 Å². The fraction of sp³-hybridized carbons (Fsp3) is 0.409. The van der Waals surface area contributed by atoms with Gasteiger partial charge in [0.15, 0.2) is 0 Å². The van der Waals surface area contributed by atoms with E-state index in [0.717, 1.165) is 36.2 Å². The maximum Gasteiger partial charge on any atom is 0.246 e. The van der Waals surface area contributed by atoms with Crippen molar-refractivity contribution in [1.29, 1.82) is 0 Å². The molecule has 0 bridgehead atoms. The third kappa shape index (κ3) is 3.77. The number of rotatable bonds is 6. The van der Waals surface area contributed by atoms with E-state index in [2.05, 4.69) is 15.6 Å². The van der Waals surface area contributed by atoms with Crippen LogP contribution >= 0.6 is 0 Å². The lowest BCUT2D eigenvalue weighted by Crippen LogP contribution is -2.39. The van der Waals surface area contributed by atoms with Gasteiger partial charge in [0.1, 0.15) is 22.2 Å². The Morgan fingerprint density at radius 1 is 1.07 bits per heavy atom. The number of aryl methyl sites for hydroxylation is 1. The molecule has 0 amide bonds. The number of para-hydroxylation sites is 2. The van der Waals surface area contributed by atoms with Gasteiger partial charge >= 0.3 is 0 Å². The Balaban J connectivity index is 1.50. The molecule has 1 aromatic heterocycles. The maximum absolute atomic E-state index is 13.3. The zero-order valence-corrected chi connectivity index (χ0v) is 18.4.